The molecule has 3 aromatic rings. The summed E-state index contributed by atoms with van der Waals surface area (Å²) < 4.78 is 0. The molecule has 0 saturated carbocycles. The van der Waals surface area contributed by atoms with E-state index in [-0.39, 0.29) is 0 Å². The van der Waals surface area contributed by atoms with Crippen molar-refractivity contribution < 1.29 is 10.0 Å². The van der Waals surface area contributed by atoms with Gasteiger partial charge in [0.1, 0.15) is 0 Å². The summed E-state index contributed by atoms with van der Waals surface area (Å²) in [6.45, 7) is 0. The Labute approximate surface area is 135 Å². The van der Waals surface area contributed by atoms with Crippen molar-refractivity contribution in [3.05, 3.63) is 71.8 Å². The van der Waals surface area contributed by atoms with Gasteiger partial charge in [0, 0.05) is 0 Å². The highest BCUT2D eigenvalue weighted by molar-refractivity contribution is 6.60. The van der Waals surface area contributed by atoms with Gasteiger partial charge in [-0.05, 0) is 57.4 Å². The lowest BCUT2D eigenvalue weighted by Gasteiger charge is -2.18. The molecule has 0 spiro atoms. The molecule has 2 N–H and O–H groups in total. The van der Waals surface area contributed by atoms with E-state index in [2.05, 4.69) is 36.4 Å². The quantitative estimate of drug-likeness (QED) is 0.714. The molecule has 3 aromatic carbocycles. The molecule has 2 nitrogen and oxygen atoms in total. The third kappa shape index (κ3) is 2.38. The zero-order valence-electron chi connectivity index (χ0n) is 12.7. The Kier molecular flexibility index (Phi) is 3.53. The van der Waals surface area contributed by atoms with Crippen LogP contribution in [0.25, 0.3) is 28.0 Å². The van der Waals surface area contributed by atoms with Crippen molar-refractivity contribution in [3.8, 4) is 11.1 Å². The van der Waals surface area contributed by atoms with Gasteiger partial charge in [0.2, 0.25) is 0 Å². The minimum absolute atomic E-state index is 0.545. The topological polar surface area (TPSA) is 40.5 Å². The summed E-state index contributed by atoms with van der Waals surface area (Å²) in [6.07, 6.45) is 6.50. The summed E-state index contributed by atoms with van der Waals surface area (Å²) in [5.74, 6) is 0. The summed E-state index contributed by atoms with van der Waals surface area (Å²) in [5, 5.41) is 21.8. The van der Waals surface area contributed by atoms with E-state index >= 15 is 0 Å². The lowest BCUT2D eigenvalue weighted by molar-refractivity contribution is 0.426. The Morgan fingerprint density at radius 2 is 1.57 bits per heavy atom. The number of fused-ring (bicyclic) bond motifs is 3. The van der Waals surface area contributed by atoms with E-state index in [4.69, 9.17) is 0 Å². The number of rotatable bonds is 2. The normalized spacial score (nSPS) is 13.1. The third-order valence-electron chi connectivity index (χ3n) is 4.57. The zero-order valence-corrected chi connectivity index (χ0v) is 12.7. The maximum Gasteiger partial charge on any atom is 0.489 e. The monoisotopic (exact) mass is 300 g/mol. The molecular weight excluding hydrogens is 283 g/mol. The van der Waals surface area contributed by atoms with Crippen LogP contribution in [0.2, 0.25) is 0 Å². The van der Waals surface area contributed by atoms with E-state index in [1.807, 2.05) is 24.3 Å². The summed E-state index contributed by atoms with van der Waals surface area (Å²) in [7, 11) is -1.47. The number of hydrogen-bond acceptors (Lipinski definition) is 2. The first-order chi connectivity index (χ1) is 11.3. The minimum atomic E-state index is -1.47. The first-order valence-electron chi connectivity index (χ1n) is 7.92. The Morgan fingerprint density at radius 1 is 0.826 bits per heavy atom. The lowest BCUT2D eigenvalue weighted by Crippen LogP contribution is -2.31. The molecule has 0 aliphatic heterocycles. The van der Waals surface area contributed by atoms with Gasteiger partial charge in [0.05, 0.1) is 0 Å². The van der Waals surface area contributed by atoms with Crippen LogP contribution in [0.3, 0.4) is 0 Å². The summed E-state index contributed by atoms with van der Waals surface area (Å²) in [4.78, 5) is 0. The van der Waals surface area contributed by atoms with Crippen LogP contribution in [-0.4, -0.2) is 17.2 Å². The smallest absolute Gasteiger partial charge is 0.423 e. The highest BCUT2D eigenvalue weighted by atomic mass is 16.4. The van der Waals surface area contributed by atoms with Gasteiger partial charge in [-0.1, -0.05) is 60.7 Å². The molecule has 1 aliphatic rings. The lowest BCUT2D eigenvalue weighted by atomic mass is 9.74. The summed E-state index contributed by atoms with van der Waals surface area (Å²) in [6, 6.07) is 18.1. The first-order valence-corrected chi connectivity index (χ1v) is 7.92. The van der Waals surface area contributed by atoms with Gasteiger partial charge in [-0.15, -0.1) is 0 Å². The Morgan fingerprint density at radius 3 is 2.39 bits per heavy atom. The molecule has 0 atom stereocenters. The van der Waals surface area contributed by atoms with Gasteiger partial charge in [0.25, 0.3) is 0 Å². The van der Waals surface area contributed by atoms with Crippen molar-refractivity contribution in [2.75, 3.05) is 0 Å². The van der Waals surface area contributed by atoms with E-state index in [9.17, 15) is 10.0 Å². The van der Waals surface area contributed by atoms with Crippen LogP contribution in [0.1, 0.15) is 17.5 Å². The second-order valence-electron chi connectivity index (χ2n) is 5.94. The molecule has 112 valence electrons. The van der Waals surface area contributed by atoms with Crippen LogP contribution in [0.5, 0.6) is 0 Å². The van der Waals surface area contributed by atoms with Crippen molar-refractivity contribution in [1.29, 1.82) is 0 Å². The molecule has 0 bridgehead atoms. The van der Waals surface area contributed by atoms with Gasteiger partial charge in [-0.25, -0.2) is 0 Å². The molecule has 4 rings (SSSR count). The van der Waals surface area contributed by atoms with Crippen LogP contribution in [-0.2, 0) is 6.42 Å². The number of benzene rings is 3. The summed E-state index contributed by atoms with van der Waals surface area (Å²) >= 11 is 0. The van der Waals surface area contributed by atoms with Crippen LogP contribution < -0.4 is 5.46 Å². The predicted octanol–water partition coefficient (Wildman–Crippen LogP) is 3.15. The molecule has 0 aromatic heterocycles. The molecule has 0 unspecified atom stereocenters. The Balaban J connectivity index is 2.08. The molecule has 0 heterocycles. The minimum Gasteiger partial charge on any atom is -0.423 e. The van der Waals surface area contributed by atoms with Crippen LogP contribution >= 0.6 is 0 Å². The van der Waals surface area contributed by atoms with Crippen LogP contribution in [0, 0.1) is 0 Å². The van der Waals surface area contributed by atoms with Crippen molar-refractivity contribution in [2.45, 2.75) is 12.8 Å². The number of aryl methyl sites for hydroxylation is 1. The Bertz CT molecular complexity index is 913. The van der Waals surface area contributed by atoms with E-state index in [1.165, 1.54) is 16.5 Å². The third-order valence-corrected chi connectivity index (χ3v) is 4.57. The second-order valence-corrected chi connectivity index (χ2v) is 5.94. The fraction of sp³-hybridized carbons (Fsp3) is 0.100. The van der Waals surface area contributed by atoms with Gasteiger partial charge in [-0.3, -0.25) is 0 Å². The molecule has 1 aliphatic carbocycles. The van der Waals surface area contributed by atoms with E-state index in [1.54, 1.807) is 6.07 Å². The molecule has 0 radical (unpaired) electrons. The number of allylic oxidation sites excluding steroid dienone is 1. The average Bonchev–Trinajstić information content (AvgIpc) is 2.61. The molecule has 23 heavy (non-hydrogen) atoms. The van der Waals surface area contributed by atoms with Crippen LogP contribution in [0.15, 0.2) is 60.7 Å². The largest absolute Gasteiger partial charge is 0.489 e. The van der Waals surface area contributed by atoms with Gasteiger partial charge < -0.3 is 10.0 Å². The molecule has 0 fully saturated rings. The average molecular weight is 300 g/mol. The van der Waals surface area contributed by atoms with Gasteiger partial charge >= 0.3 is 7.12 Å². The highest BCUT2D eigenvalue weighted by Crippen LogP contribution is 2.35. The van der Waals surface area contributed by atoms with Gasteiger partial charge in [-0.2, -0.15) is 0 Å². The van der Waals surface area contributed by atoms with Crippen molar-refractivity contribution >= 4 is 29.4 Å². The van der Waals surface area contributed by atoms with Crippen molar-refractivity contribution in [1.82, 2.24) is 0 Å². The SMILES string of the molecule is OB(O)c1ccccc1-c1cc2c(c3ccccc13)C=CCC2. The first kappa shape index (κ1) is 14.3. The van der Waals surface area contributed by atoms with Crippen LogP contribution in [0.4, 0.5) is 0 Å². The molecular formula is C20H17BO2. The van der Waals surface area contributed by atoms with E-state index < -0.39 is 7.12 Å². The number of hydrogen-bond donors (Lipinski definition) is 2. The van der Waals surface area contributed by atoms with E-state index in [0.717, 1.165) is 29.4 Å². The maximum absolute atomic E-state index is 9.72. The fourth-order valence-corrected chi connectivity index (χ4v) is 3.49. The zero-order chi connectivity index (χ0) is 15.8. The molecule has 0 amide bonds. The molecule has 3 heteroatoms. The van der Waals surface area contributed by atoms with Crippen molar-refractivity contribution in [2.24, 2.45) is 0 Å². The highest BCUT2D eigenvalue weighted by Gasteiger charge is 2.19. The predicted molar refractivity (Wildman–Crippen MR) is 96.6 cm³/mol. The van der Waals surface area contributed by atoms with Crippen molar-refractivity contribution in [3.63, 3.8) is 0 Å². The van der Waals surface area contributed by atoms with Gasteiger partial charge in [0.15, 0.2) is 0 Å². The Hall–Kier alpha value is -2.36. The maximum atomic E-state index is 9.72. The molecule has 0 saturated heterocycles. The second kappa shape index (κ2) is 5.69. The standard InChI is InChI=1S/C20H17BO2/c22-21(23)20-12-6-5-11-18(20)19-13-14-7-1-2-8-15(14)16-9-3-4-10-17(16)19/h2-6,8-13,22-23H,1,7H2. The van der Waals surface area contributed by atoms with E-state index in [0.29, 0.717) is 5.46 Å². The summed E-state index contributed by atoms with van der Waals surface area (Å²) in [5.41, 5.74) is 5.11. The fourth-order valence-electron chi connectivity index (χ4n) is 3.49.